The summed E-state index contributed by atoms with van der Waals surface area (Å²) >= 11 is 0. The smallest absolute Gasteiger partial charge is 0.250 e. The first-order chi connectivity index (χ1) is 12.0. The zero-order valence-corrected chi connectivity index (χ0v) is 13.8. The minimum absolute atomic E-state index is 0.299. The number of nitrogens with one attached hydrogen (secondary N) is 2. The van der Waals surface area contributed by atoms with E-state index in [9.17, 15) is 14.9 Å². The van der Waals surface area contributed by atoms with E-state index in [-0.39, 0.29) is 0 Å². The van der Waals surface area contributed by atoms with Gasteiger partial charge < -0.3 is 10.3 Å². The average Bonchev–Trinajstić information content (AvgIpc) is 2.90. The Morgan fingerprint density at radius 3 is 2.72 bits per heavy atom. The molecule has 0 aliphatic rings. The van der Waals surface area contributed by atoms with Crippen molar-refractivity contribution in [3.05, 3.63) is 59.4 Å². The van der Waals surface area contributed by atoms with Gasteiger partial charge in [-0.1, -0.05) is 6.07 Å². The summed E-state index contributed by atoms with van der Waals surface area (Å²) in [5.41, 5.74) is 3.30. The standard InChI is InChI=1S/C19H16N4O2/c1-11-12(2)22-16-7-6-13(9-14(11)16)18(24)15(10-20)19(25)23-17-5-3-4-8-21-17/h3-9,15,22H,1-2H3,(H,21,23,25). The molecule has 6 heteroatoms. The Bertz CT molecular complexity index is 999. The van der Waals surface area contributed by atoms with Crippen LogP contribution >= 0.6 is 0 Å². The Labute approximate surface area is 144 Å². The second-order valence-corrected chi connectivity index (χ2v) is 5.77. The maximum Gasteiger partial charge on any atom is 0.250 e. The molecule has 124 valence electrons. The summed E-state index contributed by atoms with van der Waals surface area (Å²) < 4.78 is 0. The van der Waals surface area contributed by atoms with Gasteiger partial charge in [0.15, 0.2) is 11.7 Å². The number of aryl methyl sites for hydroxylation is 2. The predicted octanol–water partition coefficient (Wildman–Crippen LogP) is 3.14. The number of nitriles is 1. The SMILES string of the molecule is Cc1[nH]c2ccc(C(=O)C(C#N)C(=O)Nc3ccccn3)cc2c1C. The van der Waals surface area contributed by atoms with Gasteiger partial charge in [0, 0.05) is 28.4 Å². The van der Waals surface area contributed by atoms with Crippen LogP contribution in [-0.2, 0) is 4.79 Å². The zero-order chi connectivity index (χ0) is 18.0. The van der Waals surface area contributed by atoms with E-state index in [1.165, 1.54) is 6.20 Å². The quantitative estimate of drug-likeness (QED) is 0.566. The fraction of sp³-hybridized carbons (Fsp3) is 0.158. The Hall–Kier alpha value is -3.46. The number of hydrogen-bond donors (Lipinski definition) is 2. The number of carbonyl (C=O) groups is 2. The maximum atomic E-state index is 12.7. The van der Waals surface area contributed by atoms with Gasteiger partial charge in [0.2, 0.25) is 0 Å². The van der Waals surface area contributed by atoms with Crippen LogP contribution in [0.1, 0.15) is 21.6 Å². The van der Waals surface area contributed by atoms with Crippen molar-refractivity contribution in [3.8, 4) is 6.07 Å². The Balaban J connectivity index is 1.88. The first-order valence-electron chi connectivity index (χ1n) is 7.76. The molecule has 1 atom stereocenters. The van der Waals surface area contributed by atoms with E-state index in [0.29, 0.717) is 11.4 Å². The number of ketones is 1. The second kappa shape index (κ2) is 6.57. The predicted molar refractivity (Wildman–Crippen MR) is 94.1 cm³/mol. The van der Waals surface area contributed by atoms with E-state index < -0.39 is 17.6 Å². The summed E-state index contributed by atoms with van der Waals surface area (Å²) in [6.45, 7) is 3.91. The number of benzene rings is 1. The van der Waals surface area contributed by atoms with Gasteiger partial charge in [0.05, 0.1) is 6.07 Å². The minimum atomic E-state index is -1.43. The molecule has 3 aromatic rings. The molecule has 0 saturated carbocycles. The van der Waals surface area contributed by atoms with Crippen LogP contribution in [0.25, 0.3) is 10.9 Å². The number of fused-ring (bicyclic) bond motifs is 1. The highest BCUT2D eigenvalue weighted by molar-refractivity contribution is 6.16. The number of H-pyrrole nitrogens is 1. The van der Waals surface area contributed by atoms with Crippen molar-refractivity contribution in [2.75, 3.05) is 5.32 Å². The van der Waals surface area contributed by atoms with Crippen molar-refractivity contribution >= 4 is 28.4 Å². The molecule has 2 aromatic heterocycles. The number of aromatic nitrogens is 2. The second-order valence-electron chi connectivity index (χ2n) is 5.77. The van der Waals surface area contributed by atoms with E-state index in [0.717, 1.165) is 22.2 Å². The van der Waals surface area contributed by atoms with Gasteiger partial charge in [-0.15, -0.1) is 0 Å². The molecule has 1 amide bonds. The number of Topliss-reactive ketones (excluding diaryl/α,β-unsaturated/α-hetero) is 1. The van der Waals surface area contributed by atoms with Crippen molar-refractivity contribution in [2.45, 2.75) is 13.8 Å². The van der Waals surface area contributed by atoms with Crippen molar-refractivity contribution in [3.63, 3.8) is 0 Å². The third kappa shape index (κ3) is 3.12. The van der Waals surface area contributed by atoms with Crippen molar-refractivity contribution in [2.24, 2.45) is 5.92 Å². The third-order valence-corrected chi connectivity index (χ3v) is 4.16. The van der Waals surface area contributed by atoms with Gasteiger partial charge in [0.1, 0.15) is 5.82 Å². The Morgan fingerprint density at radius 2 is 2.04 bits per heavy atom. The van der Waals surface area contributed by atoms with Crippen LogP contribution in [0.2, 0.25) is 0 Å². The monoisotopic (exact) mass is 332 g/mol. The van der Waals surface area contributed by atoms with E-state index in [2.05, 4.69) is 15.3 Å². The van der Waals surface area contributed by atoms with Gasteiger partial charge >= 0.3 is 0 Å². The molecule has 3 rings (SSSR count). The Kier molecular flexibility index (Phi) is 4.31. The number of hydrogen-bond acceptors (Lipinski definition) is 4. The first kappa shape index (κ1) is 16.4. The molecule has 0 saturated heterocycles. The largest absolute Gasteiger partial charge is 0.358 e. The number of aromatic amines is 1. The van der Waals surface area contributed by atoms with Crippen LogP contribution in [0.4, 0.5) is 5.82 Å². The summed E-state index contributed by atoms with van der Waals surface area (Å²) in [6, 6.07) is 11.9. The van der Waals surface area contributed by atoms with Crippen molar-refractivity contribution < 1.29 is 9.59 Å². The minimum Gasteiger partial charge on any atom is -0.358 e. The van der Waals surface area contributed by atoms with Crippen LogP contribution in [0, 0.1) is 31.1 Å². The molecule has 0 bridgehead atoms. The highest BCUT2D eigenvalue weighted by atomic mass is 16.2. The number of nitrogens with zero attached hydrogens (tertiary/aromatic N) is 2. The van der Waals surface area contributed by atoms with Crippen molar-refractivity contribution in [1.82, 2.24) is 9.97 Å². The third-order valence-electron chi connectivity index (χ3n) is 4.16. The molecule has 0 fully saturated rings. The summed E-state index contributed by atoms with van der Waals surface area (Å²) in [5.74, 6) is -2.35. The fourth-order valence-electron chi connectivity index (χ4n) is 2.65. The molecular weight excluding hydrogens is 316 g/mol. The van der Waals surface area contributed by atoms with Crippen LogP contribution in [0.5, 0.6) is 0 Å². The summed E-state index contributed by atoms with van der Waals surface area (Å²) in [7, 11) is 0. The molecule has 25 heavy (non-hydrogen) atoms. The highest BCUT2D eigenvalue weighted by Crippen LogP contribution is 2.23. The lowest BCUT2D eigenvalue weighted by Gasteiger charge is -2.09. The number of pyridine rings is 1. The number of carbonyl (C=O) groups excluding carboxylic acids is 2. The van der Waals surface area contributed by atoms with E-state index in [1.807, 2.05) is 13.8 Å². The van der Waals surface area contributed by atoms with Crippen LogP contribution in [-0.4, -0.2) is 21.7 Å². The van der Waals surface area contributed by atoms with Gasteiger partial charge in [-0.2, -0.15) is 5.26 Å². The summed E-state index contributed by atoms with van der Waals surface area (Å²) in [4.78, 5) is 32.1. The number of rotatable bonds is 4. The zero-order valence-electron chi connectivity index (χ0n) is 13.8. The molecule has 0 aliphatic heterocycles. The van der Waals surface area contributed by atoms with Gasteiger partial charge in [-0.05, 0) is 49.7 Å². The topological polar surface area (TPSA) is 98.6 Å². The van der Waals surface area contributed by atoms with E-state index in [4.69, 9.17) is 0 Å². The van der Waals surface area contributed by atoms with Crippen molar-refractivity contribution in [1.29, 1.82) is 5.26 Å². The molecule has 0 radical (unpaired) electrons. The summed E-state index contributed by atoms with van der Waals surface area (Å²) in [6.07, 6.45) is 1.52. The lowest BCUT2D eigenvalue weighted by molar-refractivity contribution is -0.117. The fourth-order valence-corrected chi connectivity index (χ4v) is 2.65. The van der Waals surface area contributed by atoms with Gasteiger partial charge in [0.25, 0.3) is 5.91 Å². The highest BCUT2D eigenvalue weighted by Gasteiger charge is 2.28. The molecule has 0 spiro atoms. The molecule has 0 aliphatic carbocycles. The number of anilines is 1. The lowest BCUT2D eigenvalue weighted by atomic mass is 9.96. The molecule has 6 nitrogen and oxygen atoms in total. The molecule has 1 aromatic carbocycles. The molecule has 2 heterocycles. The van der Waals surface area contributed by atoms with E-state index >= 15 is 0 Å². The average molecular weight is 332 g/mol. The molecule has 2 N–H and O–H groups in total. The molecule has 1 unspecified atom stereocenters. The van der Waals surface area contributed by atoms with Crippen LogP contribution < -0.4 is 5.32 Å². The number of amides is 1. The van der Waals surface area contributed by atoms with Gasteiger partial charge in [-0.3, -0.25) is 9.59 Å². The lowest BCUT2D eigenvalue weighted by Crippen LogP contribution is -2.29. The van der Waals surface area contributed by atoms with Crippen LogP contribution in [0.3, 0.4) is 0 Å². The normalized spacial score (nSPS) is 11.7. The maximum absolute atomic E-state index is 12.7. The van der Waals surface area contributed by atoms with Crippen LogP contribution in [0.15, 0.2) is 42.6 Å². The first-order valence-corrected chi connectivity index (χ1v) is 7.76. The summed E-state index contributed by atoms with van der Waals surface area (Å²) in [5, 5.41) is 12.7. The Morgan fingerprint density at radius 1 is 1.24 bits per heavy atom. The molecular formula is C19H16N4O2. The van der Waals surface area contributed by atoms with Gasteiger partial charge in [-0.25, -0.2) is 4.98 Å². The van der Waals surface area contributed by atoms with E-state index in [1.54, 1.807) is 42.5 Å².